The van der Waals surface area contributed by atoms with E-state index in [1.165, 1.54) is 77.6 Å². The van der Waals surface area contributed by atoms with Crippen molar-refractivity contribution in [1.29, 1.82) is 0 Å². The summed E-state index contributed by atoms with van der Waals surface area (Å²) in [5.41, 5.74) is 0. The zero-order chi connectivity index (χ0) is 17.1. The van der Waals surface area contributed by atoms with Crippen molar-refractivity contribution in [3.63, 3.8) is 0 Å². The Morgan fingerprint density at radius 2 is 1.00 bits per heavy atom. The Bertz CT molecular complexity index is 184. The van der Waals surface area contributed by atoms with Gasteiger partial charge in [0.2, 0.25) is 0 Å². The quantitative estimate of drug-likeness (QED) is 0.402. The average Bonchev–Trinajstić information content (AvgIpc) is 2.51. The second-order valence-electron chi connectivity index (χ2n) is 6.44. The van der Waals surface area contributed by atoms with Gasteiger partial charge in [-0.05, 0) is 19.8 Å². The Morgan fingerprint density at radius 1 is 0.636 bits per heavy atom. The fraction of sp³-hybridized carbons (Fsp3) is 1.00. The van der Waals surface area contributed by atoms with Crippen LogP contribution in [-0.4, -0.2) is 34.1 Å². The average molecular weight is 319 g/mol. The lowest BCUT2D eigenvalue weighted by molar-refractivity contribution is 0.110. The number of aliphatic hydroxyl groups excluding tert-OH is 3. The molecule has 0 aliphatic rings. The van der Waals surface area contributed by atoms with E-state index in [-0.39, 0.29) is 12.7 Å². The van der Waals surface area contributed by atoms with Crippen molar-refractivity contribution >= 4 is 0 Å². The van der Waals surface area contributed by atoms with Crippen molar-refractivity contribution in [3.8, 4) is 0 Å². The first-order valence-electron chi connectivity index (χ1n) is 9.55. The van der Waals surface area contributed by atoms with Crippen LogP contribution in [0.1, 0.15) is 104 Å². The van der Waals surface area contributed by atoms with Crippen molar-refractivity contribution in [2.45, 2.75) is 116 Å². The summed E-state index contributed by atoms with van der Waals surface area (Å²) < 4.78 is 0. The highest BCUT2D eigenvalue weighted by Crippen LogP contribution is 2.13. The van der Waals surface area contributed by atoms with E-state index in [0.29, 0.717) is 0 Å². The van der Waals surface area contributed by atoms with Gasteiger partial charge in [0.15, 0.2) is 0 Å². The van der Waals surface area contributed by atoms with Gasteiger partial charge in [-0.25, -0.2) is 0 Å². The van der Waals surface area contributed by atoms with Gasteiger partial charge in [-0.3, -0.25) is 0 Å². The van der Waals surface area contributed by atoms with Crippen LogP contribution in [0.4, 0.5) is 0 Å². The van der Waals surface area contributed by atoms with Crippen molar-refractivity contribution in [1.82, 2.24) is 0 Å². The molecule has 0 spiro atoms. The molecule has 0 aromatic heterocycles. The van der Waals surface area contributed by atoms with E-state index < -0.39 is 6.10 Å². The van der Waals surface area contributed by atoms with E-state index in [1.807, 2.05) is 0 Å². The molecule has 0 rings (SSSR count). The highest BCUT2D eigenvalue weighted by molar-refractivity contribution is 4.56. The molecular formula is C19H42O3. The summed E-state index contributed by atoms with van der Waals surface area (Å²) in [5, 5.41) is 25.7. The summed E-state index contributed by atoms with van der Waals surface area (Å²) >= 11 is 0. The molecule has 2 atom stereocenters. The van der Waals surface area contributed by atoms with Crippen molar-refractivity contribution < 1.29 is 15.3 Å². The van der Waals surface area contributed by atoms with E-state index in [4.69, 9.17) is 10.2 Å². The van der Waals surface area contributed by atoms with Crippen molar-refractivity contribution in [3.05, 3.63) is 0 Å². The zero-order valence-electron chi connectivity index (χ0n) is 15.4. The van der Waals surface area contributed by atoms with Crippen LogP contribution in [-0.2, 0) is 0 Å². The van der Waals surface area contributed by atoms with E-state index in [1.54, 1.807) is 0 Å². The Balaban J connectivity index is 0. The Hall–Kier alpha value is -0.120. The Kier molecular flexibility index (Phi) is 22.9. The monoisotopic (exact) mass is 318 g/mol. The zero-order valence-corrected chi connectivity index (χ0v) is 15.4. The van der Waals surface area contributed by atoms with E-state index in [9.17, 15) is 5.11 Å². The van der Waals surface area contributed by atoms with Crippen LogP contribution in [0.25, 0.3) is 0 Å². The molecule has 22 heavy (non-hydrogen) atoms. The maximum absolute atomic E-state index is 9.68. The van der Waals surface area contributed by atoms with Crippen molar-refractivity contribution in [2.24, 2.45) is 0 Å². The fourth-order valence-electron chi connectivity index (χ4n) is 2.27. The maximum atomic E-state index is 9.68. The van der Waals surface area contributed by atoms with E-state index >= 15 is 0 Å². The molecule has 0 saturated carbocycles. The summed E-state index contributed by atoms with van der Waals surface area (Å²) in [7, 11) is 0. The lowest BCUT2D eigenvalue weighted by atomic mass is 10.0. The van der Waals surface area contributed by atoms with Gasteiger partial charge in [-0.15, -0.1) is 0 Å². The Labute approximate surface area is 139 Å². The fourth-order valence-corrected chi connectivity index (χ4v) is 2.27. The molecule has 0 aliphatic carbocycles. The number of rotatable bonds is 14. The van der Waals surface area contributed by atoms with Crippen LogP contribution in [0.3, 0.4) is 0 Å². The summed E-state index contributed by atoms with van der Waals surface area (Å²) in [5.74, 6) is 0. The molecule has 0 bridgehead atoms. The minimum atomic E-state index is -0.560. The lowest BCUT2D eigenvalue weighted by Crippen LogP contribution is -2.05. The number of unbranched alkanes of at least 4 members (excludes halogenated alkanes) is 9. The van der Waals surface area contributed by atoms with Gasteiger partial charge in [0.05, 0.1) is 18.8 Å². The van der Waals surface area contributed by atoms with Gasteiger partial charge in [-0.2, -0.15) is 0 Å². The first-order chi connectivity index (χ1) is 10.6. The highest BCUT2D eigenvalue weighted by atomic mass is 16.3. The minimum Gasteiger partial charge on any atom is -0.394 e. The largest absolute Gasteiger partial charge is 0.394 e. The summed E-state index contributed by atoms with van der Waals surface area (Å²) in [6, 6.07) is 0. The predicted molar refractivity (Wildman–Crippen MR) is 96.1 cm³/mol. The molecule has 0 radical (unpaired) electrons. The normalized spacial score (nSPS) is 13.4. The summed E-state index contributed by atoms with van der Waals surface area (Å²) in [4.78, 5) is 0. The molecule has 3 nitrogen and oxygen atoms in total. The van der Waals surface area contributed by atoms with Gasteiger partial charge in [0.25, 0.3) is 0 Å². The van der Waals surface area contributed by atoms with Crippen LogP contribution in [0.15, 0.2) is 0 Å². The van der Waals surface area contributed by atoms with E-state index in [0.717, 1.165) is 12.8 Å². The Morgan fingerprint density at radius 3 is 1.41 bits per heavy atom. The standard InChI is InChI=1S/C16H34O.C3H8O2/c1-3-5-7-8-9-10-11-12-13-15-16(17)14-6-4-2;1-3(5)2-4/h16-17H,3-15H2,1-2H3;3-5H,2H2,1H3. The van der Waals surface area contributed by atoms with Crippen molar-refractivity contribution in [2.75, 3.05) is 6.61 Å². The van der Waals surface area contributed by atoms with Crippen LogP contribution in [0, 0.1) is 0 Å². The second kappa shape index (κ2) is 20.9. The number of hydrogen-bond donors (Lipinski definition) is 3. The molecule has 2 unspecified atom stereocenters. The number of hydrogen-bond acceptors (Lipinski definition) is 3. The molecule has 0 aromatic carbocycles. The molecular weight excluding hydrogens is 276 g/mol. The molecule has 0 aliphatic heterocycles. The molecule has 0 heterocycles. The van der Waals surface area contributed by atoms with Crippen LogP contribution >= 0.6 is 0 Å². The van der Waals surface area contributed by atoms with Gasteiger partial charge >= 0.3 is 0 Å². The van der Waals surface area contributed by atoms with Crippen LogP contribution in [0.2, 0.25) is 0 Å². The second-order valence-corrected chi connectivity index (χ2v) is 6.44. The summed E-state index contributed by atoms with van der Waals surface area (Å²) in [6.07, 6.45) is 16.1. The van der Waals surface area contributed by atoms with Crippen LogP contribution < -0.4 is 0 Å². The number of aliphatic hydroxyl groups is 3. The van der Waals surface area contributed by atoms with Gasteiger partial charge in [-0.1, -0.05) is 84.5 Å². The third kappa shape index (κ3) is 24.9. The van der Waals surface area contributed by atoms with Gasteiger partial charge in [0, 0.05) is 0 Å². The van der Waals surface area contributed by atoms with Gasteiger partial charge in [0.1, 0.15) is 0 Å². The molecule has 3 heteroatoms. The predicted octanol–water partition coefficient (Wildman–Crippen LogP) is 4.82. The molecule has 0 saturated heterocycles. The molecule has 0 amide bonds. The third-order valence-corrected chi connectivity index (χ3v) is 3.80. The third-order valence-electron chi connectivity index (χ3n) is 3.80. The minimum absolute atomic E-state index is 0.0282. The van der Waals surface area contributed by atoms with Gasteiger partial charge < -0.3 is 15.3 Å². The van der Waals surface area contributed by atoms with Crippen LogP contribution in [0.5, 0.6) is 0 Å². The lowest BCUT2D eigenvalue weighted by Gasteiger charge is -2.09. The molecule has 3 N–H and O–H groups in total. The maximum Gasteiger partial charge on any atom is 0.0742 e. The molecule has 0 aromatic rings. The smallest absolute Gasteiger partial charge is 0.0742 e. The SMILES string of the molecule is CC(O)CO.CCCCCCCCCCCC(O)CCCC. The first kappa shape index (κ1) is 24.1. The first-order valence-corrected chi connectivity index (χ1v) is 9.55. The topological polar surface area (TPSA) is 60.7 Å². The molecule has 0 fully saturated rings. The van der Waals surface area contributed by atoms with E-state index in [2.05, 4.69) is 13.8 Å². The summed E-state index contributed by atoms with van der Waals surface area (Å²) in [6.45, 7) is 5.84. The highest BCUT2D eigenvalue weighted by Gasteiger charge is 2.02. The molecule has 136 valence electrons.